The van der Waals surface area contributed by atoms with Gasteiger partial charge in [-0.25, -0.2) is 9.59 Å². The van der Waals surface area contributed by atoms with Crippen molar-refractivity contribution in [1.82, 2.24) is 10.6 Å². The van der Waals surface area contributed by atoms with E-state index >= 15 is 0 Å². The Bertz CT molecular complexity index is 565. The first-order chi connectivity index (χ1) is 11.0. The highest BCUT2D eigenvalue weighted by Crippen LogP contribution is 2.17. The van der Waals surface area contributed by atoms with E-state index in [2.05, 4.69) is 16.0 Å². The van der Waals surface area contributed by atoms with Crippen molar-refractivity contribution in [1.29, 1.82) is 0 Å². The lowest BCUT2D eigenvalue weighted by atomic mass is 9.96. The topological polar surface area (TPSA) is 108 Å². The van der Waals surface area contributed by atoms with Crippen molar-refractivity contribution in [2.24, 2.45) is 0 Å². The van der Waals surface area contributed by atoms with Crippen molar-refractivity contribution in [3.8, 4) is 0 Å². The van der Waals surface area contributed by atoms with Gasteiger partial charge in [0.05, 0.1) is 12.1 Å². The standard InChI is InChI=1S/C16H21N3O4/c20-14(18-13-8-6-11(7-9-13)15(21)22)10-17-16(23)19-12-4-2-1-3-5-12/h6-9,12H,1-5,10H2,(H,18,20)(H,21,22)(H2,17,19,23). The molecular formula is C16H21N3O4. The molecule has 124 valence electrons. The molecule has 0 spiro atoms. The van der Waals surface area contributed by atoms with Gasteiger partial charge in [-0.15, -0.1) is 0 Å². The van der Waals surface area contributed by atoms with E-state index in [0.29, 0.717) is 5.69 Å². The summed E-state index contributed by atoms with van der Waals surface area (Å²) in [4.78, 5) is 34.2. The van der Waals surface area contributed by atoms with Crippen LogP contribution < -0.4 is 16.0 Å². The zero-order valence-electron chi connectivity index (χ0n) is 12.8. The number of carboxylic acids is 1. The van der Waals surface area contributed by atoms with Crippen LogP contribution in [-0.2, 0) is 4.79 Å². The Morgan fingerprint density at radius 1 is 1.04 bits per heavy atom. The van der Waals surface area contributed by atoms with Crippen LogP contribution in [0.5, 0.6) is 0 Å². The Labute approximate surface area is 134 Å². The highest BCUT2D eigenvalue weighted by Gasteiger charge is 2.15. The Hall–Kier alpha value is -2.57. The molecule has 1 aromatic rings. The van der Waals surface area contributed by atoms with Crippen LogP contribution in [-0.4, -0.2) is 35.6 Å². The smallest absolute Gasteiger partial charge is 0.335 e. The van der Waals surface area contributed by atoms with Crippen LogP contribution in [0.1, 0.15) is 42.5 Å². The highest BCUT2D eigenvalue weighted by atomic mass is 16.4. The minimum absolute atomic E-state index is 0.140. The molecule has 7 nitrogen and oxygen atoms in total. The van der Waals surface area contributed by atoms with Gasteiger partial charge >= 0.3 is 12.0 Å². The van der Waals surface area contributed by atoms with Crippen LogP contribution >= 0.6 is 0 Å². The first-order valence-corrected chi connectivity index (χ1v) is 7.72. The maximum absolute atomic E-state index is 11.8. The number of nitrogens with one attached hydrogen (secondary N) is 3. The molecule has 23 heavy (non-hydrogen) atoms. The maximum Gasteiger partial charge on any atom is 0.335 e. The number of amides is 3. The van der Waals surface area contributed by atoms with E-state index in [1.165, 1.54) is 30.7 Å². The number of rotatable bonds is 5. The van der Waals surface area contributed by atoms with Gasteiger partial charge in [0.25, 0.3) is 0 Å². The predicted molar refractivity (Wildman–Crippen MR) is 85.4 cm³/mol. The van der Waals surface area contributed by atoms with Crippen LogP contribution in [0.3, 0.4) is 0 Å². The molecule has 7 heteroatoms. The molecule has 1 fully saturated rings. The Kier molecular flexibility index (Phi) is 5.96. The van der Waals surface area contributed by atoms with E-state index in [9.17, 15) is 14.4 Å². The molecule has 2 rings (SSSR count). The average molecular weight is 319 g/mol. The summed E-state index contributed by atoms with van der Waals surface area (Å²) in [7, 11) is 0. The normalized spacial score (nSPS) is 14.8. The fraction of sp³-hybridized carbons (Fsp3) is 0.438. The number of carboxylic acid groups (broad SMARTS) is 1. The largest absolute Gasteiger partial charge is 0.478 e. The van der Waals surface area contributed by atoms with Crippen LogP contribution in [0.15, 0.2) is 24.3 Å². The number of aromatic carboxylic acids is 1. The third-order valence-corrected chi connectivity index (χ3v) is 3.77. The van der Waals surface area contributed by atoms with Crippen molar-refractivity contribution in [2.75, 3.05) is 11.9 Å². The monoisotopic (exact) mass is 319 g/mol. The van der Waals surface area contributed by atoms with Gasteiger partial charge in [0.2, 0.25) is 5.91 Å². The number of anilines is 1. The number of hydrogen-bond acceptors (Lipinski definition) is 3. The van der Waals surface area contributed by atoms with Crippen LogP contribution in [0.25, 0.3) is 0 Å². The van der Waals surface area contributed by atoms with Crippen molar-refractivity contribution in [3.05, 3.63) is 29.8 Å². The zero-order chi connectivity index (χ0) is 16.7. The van der Waals surface area contributed by atoms with Crippen LogP contribution in [0, 0.1) is 0 Å². The molecule has 0 unspecified atom stereocenters. The third-order valence-electron chi connectivity index (χ3n) is 3.77. The average Bonchev–Trinajstić information content (AvgIpc) is 2.54. The van der Waals surface area contributed by atoms with E-state index in [-0.39, 0.29) is 30.1 Å². The first-order valence-electron chi connectivity index (χ1n) is 7.72. The lowest BCUT2D eigenvalue weighted by molar-refractivity contribution is -0.115. The summed E-state index contributed by atoms with van der Waals surface area (Å²) >= 11 is 0. The van der Waals surface area contributed by atoms with Crippen LogP contribution in [0.2, 0.25) is 0 Å². The molecule has 0 aliphatic heterocycles. The minimum Gasteiger partial charge on any atom is -0.478 e. The van der Waals surface area contributed by atoms with Gasteiger partial charge in [0, 0.05) is 11.7 Å². The molecule has 0 saturated heterocycles. The number of carbonyl (C=O) groups excluding carboxylic acids is 2. The molecule has 3 amide bonds. The molecule has 0 bridgehead atoms. The molecule has 0 atom stereocenters. The molecule has 4 N–H and O–H groups in total. The second-order valence-corrected chi connectivity index (χ2v) is 5.59. The van der Waals surface area contributed by atoms with Gasteiger partial charge in [-0.3, -0.25) is 4.79 Å². The summed E-state index contributed by atoms with van der Waals surface area (Å²) < 4.78 is 0. The molecule has 1 aliphatic carbocycles. The van der Waals surface area contributed by atoms with Crippen molar-refractivity contribution < 1.29 is 19.5 Å². The molecule has 1 saturated carbocycles. The molecule has 1 aromatic carbocycles. The van der Waals surface area contributed by atoms with Gasteiger partial charge in [-0.2, -0.15) is 0 Å². The van der Waals surface area contributed by atoms with E-state index in [1.54, 1.807) is 0 Å². The molecule has 0 aromatic heterocycles. The van der Waals surface area contributed by atoms with Crippen molar-refractivity contribution >= 4 is 23.6 Å². The fourth-order valence-electron chi connectivity index (χ4n) is 2.55. The predicted octanol–water partition coefficient (Wildman–Crippen LogP) is 1.96. The Morgan fingerprint density at radius 2 is 1.70 bits per heavy atom. The van der Waals surface area contributed by atoms with Gasteiger partial charge in [-0.05, 0) is 37.1 Å². The molecule has 1 aliphatic rings. The van der Waals surface area contributed by atoms with Gasteiger partial charge in [-0.1, -0.05) is 19.3 Å². The summed E-state index contributed by atoms with van der Waals surface area (Å²) in [6, 6.07) is 5.67. The number of carbonyl (C=O) groups is 3. The third kappa shape index (κ3) is 5.61. The number of hydrogen-bond donors (Lipinski definition) is 4. The number of benzene rings is 1. The van der Waals surface area contributed by atoms with Crippen molar-refractivity contribution in [2.45, 2.75) is 38.1 Å². The second kappa shape index (κ2) is 8.17. The Morgan fingerprint density at radius 3 is 2.30 bits per heavy atom. The summed E-state index contributed by atoms with van der Waals surface area (Å²) in [6.45, 7) is -0.140. The molecular weight excluding hydrogens is 298 g/mol. The molecule has 0 heterocycles. The van der Waals surface area contributed by atoms with Crippen molar-refractivity contribution in [3.63, 3.8) is 0 Å². The summed E-state index contributed by atoms with van der Waals surface area (Å²) in [5.41, 5.74) is 0.627. The maximum atomic E-state index is 11.8. The highest BCUT2D eigenvalue weighted by molar-refractivity contribution is 5.95. The van der Waals surface area contributed by atoms with Gasteiger partial charge in [0.15, 0.2) is 0 Å². The molecule has 0 radical (unpaired) electrons. The summed E-state index contributed by atoms with van der Waals surface area (Å²) in [5, 5.41) is 16.8. The lowest BCUT2D eigenvalue weighted by Gasteiger charge is -2.22. The quantitative estimate of drug-likeness (QED) is 0.665. The Balaban J connectivity index is 1.71. The summed E-state index contributed by atoms with van der Waals surface area (Å²) in [6.07, 6.45) is 5.42. The minimum atomic E-state index is -1.02. The first kappa shape index (κ1) is 16.8. The van der Waals surface area contributed by atoms with Gasteiger partial charge in [0.1, 0.15) is 0 Å². The fourth-order valence-corrected chi connectivity index (χ4v) is 2.55. The SMILES string of the molecule is O=C(CNC(=O)NC1CCCCC1)Nc1ccc(C(=O)O)cc1. The zero-order valence-corrected chi connectivity index (χ0v) is 12.8. The van der Waals surface area contributed by atoms with E-state index in [0.717, 1.165) is 25.7 Å². The van der Waals surface area contributed by atoms with E-state index in [4.69, 9.17) is 5.11 Å². The number of urea groups is 1. The van der Waals surface area contributed by atoms with Crippen LogP contribution in [0.4, 0.5) is 10.5 Å². The van der Waals surface area contributed by atoms with E-state index in [1.807, 2.05) is 0 Å². The lowest BCUT2D eigenvalue weighted by Crippen LogP contribution is -2.45. The summed E-state index contributed by atoms with van der Waals surface area (Å²) in [5.74, 6) is -1.39. The second-order valence-electron chi connectivity index (χ2n) is 5.59. The van der Waals surface area contributed by atoms with Gasteiger partial charge < -0.3 is 21.1 Å². The van der Waals surface area contributed by atoms with E-state index < -0.39 is 5.97 Å².